The van der Waals surface area contributed by atoms with Gasteiger partial charge < -0.3 is 11.1 Å². The zero-order valence-electron chi connectivity index (χ0n) is 11.5. The van der Waals surface area contributed by atoms with Crippen LogP contribution in [0.3, 0.4) is 0 Å². The van der Waals surface area contributed by atoms with Crippen molar-refractivity contribution in [2.45, 2.75) is 57.4 Å². The fraction of sp³-hybridized carbons (Fsp3) is 0.857. The molecule has 0 atom stereocenters. The fourth-order valence-corrected chi connectivity index (χ4v) is 4.49. The average Bonchev–Trinajstić information content (AvgIpc) is 2.66. The molecule has 3 N–H and O–H groups in total. The number of nitrogens with two attached hydrogens (primary N) is 1. The fourth-order valence-electron chi connectivity index (χ4n) is 3.08. The van der Waals surface area contributed by atoms with Gasteiger partial charge in [0.05, 0.1) is 10.4 Å². The SMILES string of the molecule is NC(=S)C1(C(=O)NC2CCSCC2)CCCCCC1. The Kier molecular flexibility index (Phi) is 5.51. The normalized spacial score (nSPS) is 24.4. The number of rotatable bonds is 3. The molecule has 2 rings (SSSR count). The van der Waals surface area contributed by atoms with Gasteiger partial charge in [0.1, 0.15) is 0 Å². The van der Waals surface area contributed by atoms with Gasteiger partial charge in [-0.2, -0.15) is 11.8 Å². The van der Waals surface area contributed by atoms with Crippen LogP contribution in [0.4, 0.5) is 0 Å². The van der Waals surface area contributed by atoms with Crippen LogP contribution in [0.2, 0.25) is 0 Å². The van der Waals surface area contributed by atoms with Gasteiger partial charge >= 0.3 is 0 Å². The standard InChI is InChI=1S/C14H24N2OS2/c15-12(18)14(7-3-1-2-4-8-14)13(17)16-11-5-9-19-10-6-11/h11H,1-10H2,(H2,15,18)(H,16,17). The Morgan fingerprint density at radius 3 is 2.26 bits per heavy atom. The van der Waals surface area contributed by atoms with Crippen molar-refractivity contribution >= 4 is 34.9 Å². The smallest absolute Gasteiger partial charge is 0.233 e. The predicted octanol–water partition coefficient (Wildman–Crippen LogP) is 2.62. The molecule has 1 saturated heterocycles. The molecule has 0 unspecified atom stereocenters. The molecule has 5 heteroatoms. The number of carbonyl (C=O) groups is 1. The van der Waals surface area contributed by atoms with Gasteiger partial charge in [-0.25, -0.2) is 0 Å². The van der Waals surface area contributed by atoms with Gasteiger partial charge in [0.15, 0.2) is 0 Å². The van der Waals surface area contributed by atoms with Crippen molar-refractivity contribution in [3.63, 3.8) is 0 Å². The quantitative estimate of drug-likeness (QED) is 0.621. The van der Waals surface area contributed by atoms with Crippen LogP contribution >= 0.6 is 24.0 Å². The highest BCUT2D eigenvalue weighted by atomic mass is 32.2. The van der Waals surface area contributed by atoms with Gasteiger partial charge in [0.25, 0.3) is 0 Å². The number of thioether (sulfide) groups is 1. The average molecular weight is 300 g/mol. The van der Waals surface area contributed by atoms with Gasteiger partial charge in [-0.05, 0) is 37.2 Å². The number of thiocarbonyl (C=S) groups is 1. The molecule has 0 aromatic carbocycles. The second kappa shape index (κ2) is 6.93. The van der Waals surface area contributed by atoms with E-state index in [1.807, 2.05) is 11.8 Å². The van der Waals surface area contributed by atoms with Crippen molar-refractivity contribution in [2.24, 2.45) is 11.1 Å². The van der Waals surface area contributed by atoms with E-state index < -0.39 is 5.41 Å². The van der Waals surface area contributed by atoms with Crippen molar-refractivity contribution in [1.82, 2.24) is 5.32 Å². The van der Waals surface area contributed by atoms with E-state index in [0.717, 1.165) is 50.0 Å². The van der Waals surface area contributed by atoms with E-state index in [1.165, 1.54) is 12.8 Å². The number of hydrogen-bond acceptors (Lipinski definition) is 3. The Bertz CT molecular complexity index is 332. The molecule has 3 nitrogen and oxygen atoms in total. The summed E-state index contributed by atoms with van der Waals surface area (Å²) in [5, 5.41) is 3.22. The summed E-state index contributed by atoms with van der Waals surface area (Å²) in [6.07, 6.45) is 8.31. The van der Waals surface area contributed by atoms with E-state index in [9.17, 15) is 4.79 Å². The molecular formula is C14H24N2OS2. The van der Waals surface area contributed by atoms with Crippen LogP contribution in [-0.2, 0) is 4.79 Å². The van der Waals surface area contributed by atoms with E-state index in [2.05, 4.69) is 5.32 Å². The molecule has 1 aliphatic heterocycles. The van der Waals surface area contributed by atoms with Crippen molar-refractivity contribution < 1.29 is 4.79 Å². The summed E-state index contributed by atoms with van der Waals surface area (Å²) < 4.78 is 0. The second-order valence-corrected chi connectivity index (χ2v) is 7.39. The van der Waals surface area contributed by atoms with Gasteiger partial charge in [-0.3, -0.25) is 4.79 Å². The second-order valence-electron chi connectivity index (χ2n) is 5.72. The van der Waals surface area contributed by atoms with Crippen molar-refractivity contribution in [2.75, 3.05) is 11.5 Å². The largest absolute Gasteiger partial charge is 0.392 e. The molecule has 1 amide bonds. The minimum Gasteiger partial charge on any atom is -0.392 e. The molecule has 108 valence electrons. The summed E-state index contributed by atoms with van der Waals surface area (Å²) in [5.74, 6) is 2.38. The molecule has 0 radical (unpaired) electrons. The first-order valence-corrected chi connectivity index (χ1v) is 8.90. The number of nitrogens with one attached hydrogen (secondary N) is 1. The first kappa shape index (κ1) is 15.1. The van der Waals surface area contributed by atoms with E-state index in [-0.39, 0.29) is 5.91 Å². The summed E-state index contributed by atoms with van der Waals surface area (Å²) in [6.45, 7) is 0. The van der Waals surface area contributed by atoms with Gasteiger partial charge in [0, 0.05) is 6.04 Å². The maximum absolute atomic E-state index is 12.7. The third kappa shape index (κ3) is 3.63. The highest BCUT2D eigenvalue weighted by molar-refractivity contribution is 7.99. The highest BCUT2D eigenvalue weighted by Crippen LogP contribution is 2.36. The molecule has 0 aromatic heterocycles. The molecule has 1 heterocycles. The monoisotopic (exact) mass is 300 g/mol. The molecule has 0 bridgehead atoms. The molecule has 1 saturated carbocycles. The Morgan fingerprint density at radius 1 is 1.16 bits per heavy atom. The van der Waals surface area contributed by atoms with E-state index in [1.54, 1.807) is 0 Å². The van der Waals surface area contributed by atoms with Gasteiger partial charge in [-0.15, -0.1) is 0 Å². The molecule has 0 spiro atoms. The van der Waals surface area contributed by atoms with Crippen LogP contribution < -0.4 is 11.1 Å². The lowest BCUT2D eigenvalue weighted by Crippen LogP contribution is -2.52. The van der Waals surface area contributed by atoms with Gasteiger partial charge in [-0.1, -0.05) is 37.9 Å². The Balaban J connectivity index is 2.04. The third-order valence-corrected chi connectivity index (χ3v) is 5.86. The van der Waals surface area contributed by atoms with Crippen LogP contribution in [0, 0.1) is 5.41 Å². The number of hydrogen-bond donors (Lipinski definition) is 2. The minimum atomic E-state index is -0.573. The maximum atomic E-state index is 12.7. The van der Waals surface area contributed by atoms with Crippen LogP contribution in [0.15, 0.2) is 0 Å². The lowest BCUT2D eigenvalue weighted by molar-refractivity contribution is -0.128. The first-order valence-electron chi connectivity index (χ1n) is 7.34. The summed E-state index contributed by atoms with van der Waals surface area (Å²) in [7, 11) is 0. The van der Waals surface area contributed by atoms with E-state index in [0.29, 0.717) is 11.0 Å². The van der Waals surface area contributed by atoms with Crippen molar-refractivity contribution in [1.29, 1.82) is 0 Å². The lowest BCUT2D eigenvalue weighted by atomic mass is 9.79. The van der Waals surface area contributed by atoms with E-state index >= 15 is 0 Å². The Labute approximate surface area is 125 Å². The Morgan fingerprint density at radius 2 is 1.74 bits per heavy atom. The van der Waals surface area contributed by atoms with Crippen molar-refractivity contribution in [3.05, 3.63) is 0 Å². The van der Waals surface area contributed by atoms with E-state index in [4.69, 9.17) is 18.0 Å². The molecular weight excluding hydrogens is 276 g/mol. The Hall–Kier alpha value is -0.290. The van der Waals surface area contributed by atoms with Crippen LogP contribution in [0.5, 0.6) is 0 Å². The van der Waals surface area contributed by atoms with Crippen molar-refractivity contribution in [3.8, 4) is 0 Å². The zero-order valence-corrected chi connectivity index (χ0v) is 13.1. The zero-order chi connectivity index (χ0) is 13.7. The topological polar surface area (TPSA) is 55.1 Å². The minimum absolute atomic E-state index is 0.0961. The molecule has 2 aliphatic rings. The van der Waals surface area contributed by atoms with Crippen LogP contribution in [-0.4, -0.2) is 28.4 Å². The first-order chi connectivity index (χ1) is 9.15. The van der Waals surface area contributed by atoms with Crippen LogP contribution in [0.25, 0.3) is 0 Å². The molecule has 0 aromatic rings. The number of amides is 1. The lowest BCUT2D eigenvalue weighted by Gasteiger charge is -2.33. The summed E-state index contributed by atoms with van der Waals surface area (Å²) >= 11 is 7.21. The molecule has 19 heavy (non-hydrogen) atoms. The maximum Gasteiger partial charge on any atom is 0.233 e. The summed E-state index contributed by atoms with van der Waals surface area (Å²) in [5.41, 5.74) is 5.37. The van der Waals surface area contributed by atoms with Crippen LogP contribution in [0.1, 0.15) is 51.4 Å². The molecule has 2 fully saturated rings. The highest BCUT2D eigenvalue weighted by Gasteiger charge is 2.42. The molecule has 1 aliphatic carbocycles. The predicted molar refractivity (Wildman–Crippen MR) is 85.4 cm³/mol. The summed E-state index contributed by atoms with van der Waals surface area (Å²) in [4.78, 5) is 13.1. The summed E-state index contributed by atoms with van der Waals surface area (Å²) in [6, 6.07) is 0.322. The number of carbonyl (C=O) groups excluding carboxylic acids is 1. The van der Waals surface area contributed by atoms with Gasteiger partial charge in [0.2, 0.25) is 5.91 Å². The third-order valence-electron chi connectivity index (χ3n) is 4.42.